The van der Waals surface area contributed by atoms with E-state index in [1.165, 1.54) is 25.0 Å². The minimum atomic E-state index is -0.396. The molecule has 3 rings (SSSR count). The van der Waals surface area contributed by atoms with Crippen LogP contribution in [0.2, 0.25) is 0 Å². The summed E-state index contributed by atoms with van der Waals surface area (Å²) in [5.74, 6) is -0.738. The summed E-state index contributed by atoms with van der Waals surface area (Å²) in [6, 6.07) is 3.31. The zero-order valence-electron chi connectivity index (χ0n) is 12.3. The molecule has 0 aliphatic carbocycles. The highest BCUT2D eigenvalue weighted by atomic mass is 79.9. The van der Waals surface area contributed by atoms with Crippen molar-refractivity contribution in [3.63, 3.8) is 0 Å². The van der Waals surface area contributed by atoms with Crippen molar-refractivity contribution in [1.29, 1.82) is 0 Å². The molecule has 2 aliphatic heterocycles. The van der Waals surface area contributed by atoms with Crippen molar-refractivity contribution in [1.82, 2.24) is 4.90 Å². The van der Waals surface area contributed by atoms with E-state index in [2.05, 4.69) is 32.7 Å². The first-order valence-corrected chi connectivity index (χ1v) is 8.54. The topological polar surface area (TPSA) is 6.48 Å². The summed E-state index contributed by atoms with van der Waals surface area (Å²) in [4.78, 5) is 4.61. The third-order valence-corrected chi connectivity index (χ3v) is 5.42. The van der Waals surface area contributed by atoms with Crippen molar-refractivity contribution in [2.24, 2.45) is 0 Å². The molecule has 2 aliphatic rings. The molecule has 0 N–H and O–H groups in total. The maximum atomic E-state index is 14.3. The summed E-state index contributed by atoms with van der Waals surface area (Å²) in [6.45, 7) is 5.02. The van der Waals surface area contributed by atoms with Gasteiger partial charge < -0.3 is 4.90 Å². The van der Waals surface area contributed by atoms with Crippen LogP contribution in [0.1, 0.15) is 32.6 Å². The number of nitrogens with zero attached hydrogens (tertiary/aromatic N) is 2. The van der Waals surface area contributed by atoms with Crippen molar-refractivity contribution in [3.05, 3.63) is 28.2 Å². The van der Waals surface area contributed by atoms with E-state index in [1.54, 1.807) is 0 Å². The largest absolute Gasteiger partial charge is 0.363 e. The van der Waals surface area contributed by atoms with Gasteiger partial charge in [-0.05, 0) is 47.8 Å². The standard InChI is InChI=1S/C16H21BrF2N2/c1-2-11-9-20-6-4-3-5-12(20)10-21(11)16-8-14(18)13(17)7-15(16)19/h7-8,11-12H,2-6,9-10H2,1H3. The average Bonchev–Trinajstić information content (AvgIpc) is 2.49. The second-order valence-corrected chi connectivity index (χ2v) is 6.93. The van der Waals surface area contributed by atoms with Crippen molar-refractivity contribution in [2.75, 3.05) is 24.5 Å². The number of anilines is 1. The maximum Gasteiger partial charge on any atom is 0.147 e. The highest BCUT2D eigenvalue weighted by Gasteiger charge is 2.35. The Balaban J connectivity index is 1.90. The lowest BCUT2D eigenvalue weighted by Gasteiger charge is -2.49. The molecular weight excluding hydrogens is 338 g/mol. The molecule has 0 radical (unpaired) electrons. The molecular formula is C16H21BrF2N2. The number of fused-ring (bicyclic) bond motifs is 1. The molecule has 0 saturated carbocycles. The third-order valence-electron chi connectivity index (χ3n) is 4.81. The van der Waals surface area contributed by atoms with Crippen LogP contribution in [0.15, 0.2) is 16.6 Å². The molecule has 116 valence electrons. The highest BCUT2D eigenvalue weighted by molar-refractivity contribution is 9.10. The van der Waals surface area contributed by atoms with E-state index in [0.717, 1.165) is 32.5 Å². The van der Waals surface area contributed by atoms with E-state index in [-0.39, 0.29) is 16.3 Å². The highest BCUT2D eigenvalue weighted by Crippen LogP contribution is 2.33. The number of piperazine rings is 1. The average molecular weight is 359 g/mol. The predicted octanol–water partition coefficient (Wildman–Crippen LogP) is 4.18. The van der Waals surface area contributed by atoms with Gasteiger partial charge in [0, 0.05) is 31.2 Å². The van der Waals surface area contributed by atoms with Crippen molar-refractivity contribution >= 4 is 21.6 Å². The Morgan fingerprint density at radius 3 is 2.76 bits per heavy atom. The summed E-state index contributed by atoms with van der Waals surface area (Å²) in [6.07, 6.45) is 4.60. The normalized spacial score (nSPS) is 26.8. The molecule has 2 atom stereocenters. The van der Waals surface area contributed by atoms with Crippen LogP contribution < -0.4 is 4.90 Å². The van der Waals surface area contributed by atoms with Gasteiger partial charge in [0.05, 0.1) is 10.2 Å². The lowest BCUT2D eigenvalue weighted by atomic mass is 9.95. The minimum absolute atomic E-state index is 0.188. The molecule has 0 aromatic heterocycles. The summed E-state index contributed by atoms with van der Waals surface area (Å²) >= 11 is 3.05. The van der Waals surface area contributed by atoms with Crippen LogP contribution in [0.5, 0.6) is 0 Å². The van der Waals surface area contributed by atoms with Crippen LogP contribution in [0.25, 0.3) is 0 Å². The first-order chi connectivity index (χ1) is 10.1. The molecule has 1 aromatic rings. The van der Waals surface area contributed by atoms with E-state index < -0.39 is 5.82 Å². The van der Waals surface area contributed by atoms with Gasteiger partial charge in [-0.25, -0.2) is 8.78 Å². The molecule has 21 heavy (non-hydrogen) atoms. The van der Waals surface area contributed by atoms with Gasteiger partial charge in [0.15, 0.2) is 0 Å². The van der Waals surface area contributed by atoms with Crippen LogP contribution in [0, 0.1) is 11.6 Å². The molecule has 5 heteroatoms. The SMILES string of the molecule is CCC1CN2CCCCC2CN1c1cc(F)c(Br)cc1F. The van der Waals surface area contributed by atoms with Crippen LogP contribution in [-0.4, -0.2) is 36.6 Å². The van der Waals surface area contributed by atoms with Gasteiger partial charge in [-0.1, -0.05) is 13.3 Å². The van der Waals surface area contributed by atoms with Crippen LogP contribution in [0.4, 0.5) is 14.5 Å². The molecule has 0 bridgehead atoms. The number of hydrogen-bond donors (Lipinski definition) is 0. The molecule has 2 fully saturated rings. The molecule has 2 nitrogen and oxygen atoms in total. The van der Waals surface area contributed by atoms with Crippen LogP contribution in [0.3, 0.4) is 0 Å². The Labute approximate surface area is 133 Å². The van der Waals surface area contributed by atoms with Gasteiger partial charge in [0.1, 0.15) is 11.6 Å². The zero-order valence-corrected chi connectivity index (χ0v) is 13.9. The second kappa shape index (κ2) is 6.21. The van der Waals surface area contributed by atoms with Gasteiger partial charge in [-0.2, -0.15) is 0 Å². The monoisotopic (exact) mass is 358 g/mol. The Bertz CT molecular complexity index is 523. The van der Waals surface area contributed by atoms with Gasteiger partial charge in [-0.15, -0.1) is 0 Å². The molecule has 2 unspecified atom stereocenters. The first kappa shape index (κ1) is 15.2. The smallest absolute Gasteiger partial charge is 0.147 e. The van der Waals surface area contributed by atoms with Gasteiger partial charge in [-0.3, -0.25) is 4.90 Å². The number of benzene rings is 1. The fourth-order valence-corrected chi connectivity index (χ4v) is 3.94. The number of piperidine rings is 1. The lowest BCUT2D eigenvalue weighted by molar-refractivity contribution is 0.110. The van der Waals surface area contributed by atoms with E-state index in [1.807, 2.05) is 0 Å². The van der Waals surface area contributed by atoms with Crippen molar-refractivity contribution in [2.45, 2.75) is 44.7 Å². The molecule has 0 spiro atoms. The zero-order chi connectivity index (χ0) is 15.0. The fraction of sp³-hybridized carbons (Fsp3) is 0.625. The number of rotatable bonds is 2. The molecule has 2 saturated heterocycles. The summed E-state index contributed by atoms with van der Waals surface area (Å²) in [5, 5.41) is 0. The summed E-state index contributed by atoms with van der Waals surface area (Å²) in [5.41, 5.74) is 0.410. The Hall–Kier alpha value is -0.680. The van der Waals surface area contributed by atoms with Gasteiger partial charge >= 0.3 is 0 Å². The maximum absolute atomic E-state index is 14.3. The van der Waals surface area contributed by atoms with Gasteiger partial charge in [0.25, 0.3) is 0 Å². The summed E-state index contributed by atoms with van der Waals surface area (Å²) < 4.78 is 28.3. The van der Waals surface area contributed by atoms with Crippen LogP contribution >= 0.6 is 15.9 Å². The number of halogens is 3. The molecule has 1 aromatic carbocycles. The Morgan fingerprint density at radius 1 is 1.19 bits per heavy atom. The Kier molecular flexibility index (Phi) is 4.50. The van der Waals surface area contributed by atoms with Crippen LogP contribution in [-0.2, 0) is 0 Å². The van der Waals surface area contributed by atoms with E-state index >= 15 is 0 Å². The lowest BCUT2D eigenvalue weighted by Crippen LogP contribution is -2.59. The van der Waals surface area contributed by atoms with Gasteiger partial charge in [0.2, 0.25) is 0 Å². The number of hydrogen-bond acceptors (Lipinski definition) is 2. The van der Waals surface area contributed by atoms with E-state index in [9.17, 15) is 8.78 Å². The first-order valence-electron chi connectivity index (χ1n) is 7.75. The summed E-state index contributed by atoms with van der Waals surface area (Å²) in [7, 11) is 0. The second-order valence-electron chi connectivity index (χ2n) is 6.08. The van der Waals surface area contributed by atoms with E-state index in [4.69, 9.17) is 0 Å². The minimum Gasteiger partial charge on any atom is -0.363 e. The van der Waals surface area contributed by atoms with Crippen molar-refractivity contribution < 1.29 is 8.78 Å². The van der Waals surface area contributed by atoms with E-state index in [0.29, 0.717) is 11.7 Å². The van der Waals surface area contributed by atoms with Crippen molar-refractivity contribution in [3.8, 4) is 0 Å². The Morgan fingerprint density at radius 2 is 2.00 bits per heavy atom. The molecule has 0 amide bonds. The predicted molar refractivity (Wildman–Crippen MR) is 84.7 cm³/mol. The fourth-order valence-electron chi connectivity index (χ4n) is 3.63. The third kappa shape index (κ3) is 2.95. The molecule has 2 heterocycles. The quantitative estimate of drug-likeness (QED) is 0.731.